The Bertz CT molecular complexity index is 3760. The van der Waals surface area contributed by atoms with Crippen molar-refractivity contribution in [1.82, 2.24) is 32.5 Å². The highest BCUT2D eigenvalue weighted by molar-refractivity contribution is 6.18. The van der Waals surface area contributed by atoms with Gasteiger partial charge in [0.1, 0.15) is 5.52 Å². The number of fused-ring (bicyclic) bond motifs is 14. The third kappa shape index (κ3) is 4.04. The summed E-state index contributed by atoms with van der Waals surface area (Å²) in [5.74, 6) is 1.77. The summed E-state index contributed by atoms with van der Waals surface area (Å²) >= 11 is 0. The van der Waals surface area contributed by atoms with Crippen molar-refractivity contribution in [2.45, 2.75) is 0 Å². The van der Waals surface area contributed by atoms with Gasteiger partial charge in [0.05, 0.1) is 61.0 Å². The Morgan fingerprint density at radius 1 is 0.316 bits per heavy atom. The lowest BCUT2D eigenvalue weighted by atomic mass is 10.0. The second-order valence-corrected chi connectivity index (χ2v) is 14.7. The average Bonchev–Trinajstić information content (AvgIpc) is 4.07. The molecular weight excluding hydrogens is 699 g/mol. The van der Waals surface area contributed by atoms with Crippen LogP contribution >= 0.6 is 0 Å². The molecule has 0 saturated carbocycles. The molecule has 0 aliphatic carbocycles. The molecule has 0 bridgehead atoms. The first-order valence-corrected chi connectivity index (χ1v) is 19.3. The van der Waals surface area contributed by atoms with Crippen LogP contribution in [0.25, 0.3) is 106 Å². The van der Waals surface area contributed by atoms with Crippen molar-refractivity contribution in [3.63, 3.8) is 0 Å². The van der Waals surface area contributed by atoms with E-state index in [1.54, 1.807) is 0 Å². The van der Waals surface area contributed by atoms with Crippen LogP contribution in [-0.4, -0.2) is 32.5 Å². The Labute approximate surface area is 325 Å². The molecule has 5 aromatic heterocycles. The maximum Gasteiger partial charge on any atom is 0.220 e. The molecule has 0 radical (unpaired) electrons. The van der Waals surface area contributed by atoms with Crippen molar-refractivity contribution in [3.8, 4) is 28.2 Å². The van der Waals surface area contributed by atoms with Gasteiger partial charge in [-0.3, -0.25) is 17.9 Å². The molecule has 8 aromatic carbocycles. The third-order valence-electron chi connectivity index (χ3n) is 11.7. The minimum absolute atomic E-state index is 0.885. The van der Waals surface area contributed by atoms with Crippen molar-refractivity contribution >= 4 is 77.5 Å². The van der Waals surface area contributed by atoms with Gasteiger partial charge in [-0.2, -0.15) is 0 Å². The van der Waals surface area contributed by atoms with Gasteiger partial charge >= 0.3 is 0 Å². The number of hydrogen-bond donors (Lipinski definition) is 0. The molecule has 0 spiro atoms. The number of benzene rings is 8. The predicted octanol–water partition coefficient (Wildman–Crippen LogP) is 11.9. The van der Waals surface area contributed by atoms with Crippen LogP contribution in [0.4, 0.5) is 0 Å². The molecule has 0 atom stereocenters. The number of hydrogen-bond acceptors (Lipinski definition) is 2. The molecule has 57 heavy (non-hydrogen) atoms. The molecular formula is C50H31N7. The minimum atomic E-state index is 0.885. The molecule has 7 nitrogen and oxygen atoms in total. The van der Waals surface area contributed by atoms with E-state index in [4.69, 9.17) is 9.97 Å². The van der Waals surface area contributed by atoms with Crippen molar-refractivity contribution in [2.24, 2.45) is 0 Å². The fourth-order valence-electron chi connectivity index (χ4n) is 9.38. The number of rotatable bonds is 4. The molecule has 0 N–H and O–H groups in total. The van der Waals surface area contributed by atoms with Crippen molar-refractivity contribution < 1.29 is 0 Å². The van der Waals surface area contributed by atoms with E-state index in [2.05, 4.69) is 211 Å². The summed E-state index contributed by atoms with van der Waals surface area (Å²) in [6.07, 6.45) is 0. The van der Waals surface area contributed by atoms with Gasteiger partial charge in [0.2, 0.25) is 11.6 Å². The van der Waals surface area contributed by atoms with E-state index < -0.39 is 0 Å². The lowest BCUT2D eigenvalue weighted by Crippen LogP contribution is -2.02. The zero-order valence-corrected chi connectivity index (χ0v) is 30.5. The second kappa shape index (κ2) is 11.3. The zero-order valence-electron chi connectivity index (χ0n) is 30.5. The van der Waals surface area contributed by atoms with Crippen LogP contribution in [0.1, 0.15) is 0 Å². The summed E-state index contributed by atoms with van der Waals surface area (Å²) in [6, 6.07) is 66.9. The van der Waals surface area contributed by atoms with Gasteiger partial charge in [-0.15, -0.1) is 0 Å². The summed E-state index contributed by atoms with van der Waals surface area (Å²) in [6.45, 7) is 0. The summed E-state index contributed by atoms with van der Waals surface area (Å²) in [4.78, 5) is 10.8. The largest absolute Gasteiger partial charge is 0.306 e. The molecule has 0 fully saturated rings. The van der Waals surface area contributed by atoms with Gasteiger partial charge in [-0.1, -0.05) is 109 Å². The number of para-hydroxylation sites is 10. The first-order valence-electron chi connectivity index (χ1n) is 19.3. The first-order chi connectivity index (χ1) is 28.3. The molecule has 0 amide bonds. The van der Waals surface area contributed by atoms with E-state index in [1.165, 1.54) is 10.8 Å². The highest BCUT2D eigenvalue weighted by Gasteiger charge is 2.25. The van der Waals surface area contributed by atoms with Crippen LogP contribution in [0.5, 0.6) is 0 Å². The molecule has 13 aromatic rings. The summed E-state index contributed by atoms with van der Waals surface area (Å²) in [7, 11) is 0. The highest BCUT2D eigenvalue weighted by atomic mass is 15.2. The van der Waals surface area contributed by atoms with Crippen LogP contribution in [0.2, 0.25) is 0 Å². The number of imidazole rings is 4. The van der Waals surface area contributed by atoms with Crippen LogP contribution in [0, 0.1) is 0 Å². The molecule has 5 heterocycles. The smallest absolute Gasteiger partial charge is 0.220 e. The monoisotopic (exact) mass is 729 g/mol. The molecule has 0 aliphatic heterocycles. The van der Waals surface area contributed by atoms with E-state index in [0.717, 1.165) is 94.9 Å². The quantitative estimate of drug-likeness (QED) is 0.181. The van der Waals surface area contributed by atoms with E-state index in [1.807, 2.05) is 0 Å². The summed E-state index contributed by atoms with van der Waals surface area (Å²) in [5.41, 5.74) is 16.2. The maximum absolute atomic E-state index is 5.58. The normalized spacial score (nSPS) is 12.2. The fourth-order valence-corrected chi connectivity index (χ4v) is 9.38. The Morgan fingerprint density at radius 3 is 1.58 bits per heavy atom. The van der Waals surface area contributed by atoms with Gasteiger partial charge < -0.3 is 4.57 Å². The maximum atomic E-state index is 5.58. The SMILES string of the molecule is c1ccc(-n2c3ccccc3n3c4ccc5c6ccccc6n(-c6ccccc6-c6ccccc6-n6c7ccccc7n7c8ccccc8nc67)c5c4nc23)cc1. The van der Waals surface area contributed by atoms with Crippen LogP contribution in [0.3, 0.4) is 0 Å². The van der Waals surface area contributed by atoms with Crippen LogP contribution in [0.15, 0.2) is 188 Å². The second-order valence-electron chi connectivity index (χ2n) is 14.7. The average molecular weight is 730 g/mol. The van der Waals surface area contributed by atoms with Crippen molar-refractivity contribution in [2.75, 3.05) is 0 Å². The molecule has 7 heteroatoms. The van der Waals surface area contributed by atoms with Gasteiger partial charge in [-0.05, 0) is 78.9 Å². The lowest BCUT2D eigenvalue weighted by molar-refractivity contribution is 1.11. The van der Waals surface area contributed by atoms with Gasteiger partial charge in [0.15, 0.2) is 0 Å². The van der Waals surface area contributed by atoms with E-state index >= 15 is 0 Å². The highest BCUT2D eigenvalue weighted by Crippen LogP contribution is 2.42. The van der Waals surface area contributed by atoms with E-state index in [0.29, 0.717) is 0 Å². The Morgan fingerprint density at radius 2 is 0.842 bits per heavy atom. The standard InChI is InChI=1S/C50H31N7/c1-2-16-32(17-3-1)53-42-26-12-13-27-43(42)57-46-31-30-36-35-20-6-9-23-39(35)54(48(36)47(46)52-50(53)57)38-22-8-4-18-33(38)34-19-5-10-24-40(34)55-44-28-14-15-29-45(44)56-41-25-11-7-21-37(41)51-49(55)56/h1-31H. The molecule has 0 unspecified atom stereocenters. The van der Waals surface area contributed by atoms with Gasteiger partial charge in [0.25, 0.3) is 0 Å². The van der Waals surface area contributed by atoms with E-state index in [9.17, 15) is 0 Å². The molecule has 13 rings (SSSR count). The molecule has 266 valence electrons. The Kier molecular flexibility index (Phi) is 6.04. The summed E-state index contributed by atoms with van der Waals surface area (Å²) in [5, 5.41) is 2.35. The topological polar surface area (TPSA) is 49.4 Å². The third-order valence-corrected chi connectivity index (χ3v) is 11.7. The zero-order chi connectivity index (χ0) is 37.2. The summed E-state index contributed by atoms with van der Waals surface area (Å²) < 4.78 is 11.6. The number of nitrogens with zero attached hydrogens (tertiary/aromatic N) is 7. The Balaban J connectivity index is 1.13. The van der Waals surface area contributed by atoms with E-state index in [-0.39, 0.29) is 0 Å². The molecule has 0 aliphatic rings. The first kappa shape index (κ1) is 30.4. The van der Waals surface area contributed by atoms with Gasteiger partial charge in [0, 0.05) is 27.6 Å². The Hall–Kier alpha value is -7.90. The predicted molar refractivity (Wildman–Crippen MR) is 232 cm³/mol. The minimum Gasteiger partial charge on any atom is -0.306 e. The van der Waals surface area contributed by atoms with Crippen LogP contribution in [-0.2, 0) is 0 Å². The molecule has 0 saturated heterocycles. The fraction of sp³-hybridized carbons (Fsp3) is 0. The lowest BCUT2D eigenvalue weighted by Gasteiger charge is -2.17. The van der Waals surface area contributed by atoms with Crippen molar-refractivity contribution in [3.05, 3.63) is 188 Å². The van der Waals surface area contributed by atoms with Gasteiger partial charge in [-0.25, -0.2) is 9.97 Å². The van der Waals surface area contributed by atoms with Crippen LogP contribution < -0.4 is 0 Å². The number of aromatic nitrogens is 7. The van der Waals surface area contributed by atoms with Crippen molar-refractivity contribution in [1.29, 1.82) is 0 Å².